The van der Waals surface area contributed by atoms with Crippen molar-refractivity contribution in [2.45, 2.75) is 6.67 Å². The molecule has 0 amide bonds. The number of rotatable bonds is 6. The number of benzene rings is 2. The van der Waals surface area contributed by atoms with E-state index in [4.69, 9.17) is 26.1 Å². The first kappa shape index (κ1) is 19.5. The van der Waals surface area contributed by atoms with E-state index >= 15 is 0 Å². The minimum atomic E-state index is 0.361. The van der Waals surface area contributed by atoms with Gasteiger partial charge in [-0.05, 0) is 42.5 Å². The first-order valence-corrected chi connectivity index (χ1v) is 9.91. The number of nitrogens with zero attached hydrogens (tertiary/aromatic N) is 4. The predicted molar refractivity (Wildman–Crippen MR) is 114 cm³/mol. The van der Waals surface area contributed by atoms with Crippen molar-refractivity contribution in [2.24, 2.45) is 0 Å². The largest absolute Gasteiger partial charge is 0.493 e. The van der Waals surface area contributed by atoms with E-state index in [1.54, 1.807) is 18.9 Å². The topological polar surface area (TPSA) is 55.9 Å². The maximum absolute atomic E-state index is 5.74. The molecule has 0 radical (unpaired) electrons. The first-order valence-electron chi connectivity index (χ1n) is 9.50. The van der Waals surface area contributed by atoms with Crippen LogP contribution in [-0.4, -0.2) is 55.1 Å². The van der Waals surface area contributed by atoms with E-state index in [0.717, 1.165) is 31.7 Å². The fourth-order valence-corrected chi connectivity index (χ4v) is 3.63. The summed E-state index contributed by atoms with van der Waals surface area (Å²) in [7, 11) is 3.21. The zero-order valence-corrected chi connectivity index (χ0v) is 17.4. The molecule has 1 saturated heterocycles. The Kier molecular flexibility index (Phi) is 5.82. The normalized spacial score (nSPS) is 14.8. The Morgan fingerprint density at radius 3 is 2.38 bits per heavy atom. The van der Waals surface area contributed by atoms with Crippen LogP contribution < -0.4 is 14.4 Å². The molecule has 0 bridgehead atoms. The zero-order chi connectivity index (χ0) is 20.2. The van der Waals surface area contributed by atoms with Gasteiger partial charge in [0.2, 0.25) is 5.89 Å². The van der Waals surface area contributed by atoms with Gasteiger partial charge in [-0.1, -0.05) is 18.2 Å². The van der Waals surface area contributed by atoms with Crippen LogP contribution in [-0.2, 0) is 6.67 Å². The van der Waals surface area contributed by atoms with Crippen LogP contribution in [0.25, 0.3) is 11.5 Å². The van der Waals surface area contributed by atoms with Gasteiger partial charge in [-0.2, -0.15) is 0 Å². The van der Waals surface area contributed by atoms with E-state index < -0.39 is 0 Å². The van der Waals surface area contributed by atoms with Gasteiger partial charge < -0.3 is 18.8 Å². The summed E-state index contributed by atoms with van der Waals surface area (Å²) in [6, 6.07) is 16.0. The third-order valence-corrected chi connectivity index (χ3v) is 5.36. The first-order chi connectivity index (χ1) is 14.2. The summed E-state index contributed by atoms with van der Waals surface area (Å²) in [5.74, 6) is 1.75. The fourth-order valence-electron chi connectivity index (χ4n) is 3.46. The van der Waals surface area contributed by atoms with Crippen molar-refractivity contribution >= 4 is 17.9 Å². The minimum Gasteiger partial charge on any atom is -0.493 e. The van der Waals surface area contributed by atoms with Gasteiger partial charge in [-0.25, -0.2) is 4.68 Å². The number of para-hydroxylation sites is 1. The van der Waals surface area contributed by atoms with E-state index in [2.05, 4.69) is 39.2 Å². The Morgan fingerprint density at radius 2 is 1.69 bits per heavy atom. The van der Waals surface area contributed by atoms with E-state index in [-0.39, 0.29) is 0 Å². The molecule has 0 spiro atoms. The van der Waals surface area contributed by atoms with Crippen LogP contribution in [0.15, 0.2) is 52.9 Å². The number of piperazine rings is 1. The molecule has 0 N–H and O–H groups in total. The Morgan fingerprint density at radius 1 is 0.966 bits per heavy atom. The van der Waals surface area contributed by atoms with Gasteiger partial charge in [0.05, 0.1) is 20.9 Å². The summed E-state index contributed by atoms with van der Waals surface area (Å²) >= 11 is 5.39. The second-order valence-corrected chi connectivity index (χ2v) is 7.17. The molecule has 29 heavy (non-hydrogen) atoms. The van der Waals surface area contributed by atoms with Crippen LogP contribution in [0.4, 0.5) is 5.69 Å². The highest BCUT2D eigenvalue weighted by molar-refractivity contribution is 7.71. The summed E-state index contributed by atoms with van der Waals surface area (Å²) in [5.41, 5.74) is 2.06. The number of hydrogen-bond acceptors (Lipinski definition) is 7. The van der Waals surface area contributed by atoms with Crippen molar-refractivity contribution in [3.05, 3.63) is 53.4 Å². The SMILES string of the molecule is COc1ccc(-c2nn(CN3CCN(c4ccccc4)CC3)c(=S)o2)cc1OC. The molecule has 0 atom stereocenters. The third kappa shape index (κ3) is 4.28. The molecule has 2 heterocycles. The average molecular weight is 413 g/mol. The second-order valence-electron chi connectivity index (χ2n) is 6.82. The maximum atomic E-state index is 5.74. The Balaban J connectivity index is 1.44. The van der Waals surface area contributed by atoms with E-state index in [0.29, 0.717) is 28.9 Å². The maximum Gasteiger partial charge on any atom is 0.288 e. The molecule has 1 fully saturated rings. The summed E-state index contributed by atoms with van der Waals surface area (Å²) in [6.07, 6.45) is 0. The lowest BCUT2D eigenvalue weighted by atomic mass is 10.2. The fraction of sp³-hybridized carbons (Fsp3) is 0.333. The molecule has 1 aliphatic rings. The lowest BCUT2D eigenvalue weighted by Gasteiger charge is -2.35. The standard InChI is InChI=1S/C21H24N4O3S/c1-26-18-9-8-16(14-19(18)27-2)20-22-25(21(29)28-20)15-23-10-12-24(13-11-23)17-6-4-3-5-7-17/h3-9,14H,10-13,15H2,1-2H3. The van der Waals surface area contributed by atoms with Crippen molar-refractivity contribution in [3.8, 4) is 23.0 Å². The van der Waals surface area contributed by atoms with E-state index in [9.17, 15) is 0 Å². The van der Waals surface area contributed by atoms with Crippen LogP contribution in [0.5, 0.6) is 11.5 Å². The minimum absolute atomic E-state index is 0.361. The van der Waals surface area contributed by atoms with Crippen molar-refractivity contribution in [1.82, 2.24) is 14.7 Å². The van der Waals surface area contributed by atoms with Crippen molar-refractivity contribution < 1.29 is 13.9 Å². The quantitative estimate of drug-likeness (QED) is 0.573. The molecule has 1 aromatic heterocycles. The number of aromatic nitrogens is 2. The Bertz CT molecular complexity index is 1010. The molecule has 8 heteroatoms. The molecule has 7 nitrogen and oxygen atoms in total. The number of anilines is 1. The number of hydrogen-bond donors (Lipinski definition) is 0. The molecule has 3 aromatic rings. The molecule has 2 aromatic carbocycles. The lowest BCUT2D eigenvalue weighted by molar-refractivity contribution is 0.192. The van der Waals surface area contributed by atoms with Crippen molar-refractivity contribution in [2.75, 3.05) is 45.3 Å². The monoisotopic (exact) mass is 412 g/mol. The third-order valence-electron chi connectivity index (χ3n) is 5.06. The van der Waals surface area contributed by atoms with Gasteiger partial charge in [-0.15, -0.1) is 5.10 Å². The van der Waals surface area contributed by atoms with Gasteiger partial charge in [0, 0.05) is 37.4 Å². The van der Waals surface area contributed by atoms with Gasteiger partial charge in [-0.3, -0.25) is 4.90 Å². The summed E-state index contributed by atoms with van der Waals surface area (Å²) < 4.78 is 18.1. The van der Waals surface area contributed by atoms with Gasteiger partial charge in [0.1, 0.15) is 0 Å². The van der Waals surface area contributed by atoms with Gasteiger partial charge >= 0.3 is 0 Å². The molecule has 0 aliphatic carbocycles. The van der Waals surface area contributed by atoms with E-state index in [1.807, 2.05) is 24.3 Å². The van der Waals surface area contributed by atoms with Crippen LogP contribution in [0, 0.1) is 4.84 Å². The van der Waals surface area contributed by atoms with Gasteiger partial charge in [0.15, 0.2) is 11.5 Å². The average Bonchev–Trinajstić information content (AvgIpc) is 3.14. The second kappa shape index (κ2) is 8.67. The number of methoxy groups -OCH3 is 2. The molecule has 152 valence electrons. The van der Waals surface area contributed by atoms with E-state index in [1.165, 1.54) is 5.69 Å². The highest BCUT2D eigenvalue weighted by atomic mass is 32.1. The molecular weight excluding hydrogens is 388 g/mol. The van der Waals surface area contributed by atoms with Crippen LogP contribution in [0.1, 0.15) is 0 Å². The summed E-state index contributed by atoms with van der Waals surface area (Å²) in [4.78, 5) is 5.09. The molecule has 1 aliphatic heterocycles. The van der Waals surface area contributed by atoms with Gasteiger partial charge in [0.25, 0.3) is 4.84 Å². The molecule has 0 saturated carbocycles. The highest BCUT2D eigenvalue weighted by Gasteiger charge is 2.19. The van der Waals surface area contributed by atoms with Crippen LogP contribution >= 0.6 is 12.2 Å². The smallest absolute Gasteiger partial charge is 0.288 e. The van der Waals surface area contributed by atoms with Crippen LogP contribution in [0.3, 0.4) is 0 Å². The Hall–Kier alpha value is -2.84. The Labute approximate surface area is 175 Å². The lowest BCUT2D eigenvalue weighted by Crippen LogP contribution is -2.46. The highest BCUT2D eigenvalue weighted by Crippen LogP contribution is 2.31. The predicted octanol–water partition coefficient (Wildman–Crippen LogP) is 3.67. The van der Waals surface area contributed by atoms with Crippen molar-refractivity contribution in [3.63, 3.8) is 0 Å². The number of ether oxygens (including phenoxy) is 2. The molecular formula is C21H24N4O3S. The summed E-state index contributed by atoms with van der Waals surface area (Å²) in [5, 5.41) is 4.58. The zero-order valence-electron chi connectivity index (χ0n) is 16.6. The summed E-state index contributed by atoms with van der Waals surface area (Å²) in [6.45, 7) is 4.43. The molecule has 4 rings (SSSR count). The molecule has 0 unspecified atom stereocenters. The van der Waals surface area contributed by atoms with Crippen molar-refractivity contribution in [1.29, 1.82) is 0 Å². The van der Waals surface area contributed by atoms with Crippen LogP contribution in [0.2, 0.25) is 0 Å².